The molecule has 118 valence electrons. The van der Waals surface area contributed by atoms with Crippen molar-refractivity contribution in [1.29, 1.82) is 0 Å². The van der Waals surface area contributed by atoms with Gasteiger partial charge in [0.2, 0.25) is 0 Å². The van der Waals surface area contributed by atoms with Crippen molar-refractivity contribution < 1.29 is 19.4 Å². The first-order valence-corrected chi connectivity index (χ1v) is 7.71. The first-order valence-electron chi connectivity index (χ1n) is 7.33. The zero-order valence-electron chi connectivity index (χ0n) is 12.2. The molecule has 0 spiro atoms. The van der Waals surface area contributed by atoms with Gasteiger partial charge in [-0.05, 0) is 54.9 Å². The largest absolute Gasteiger partial charge is 0.467 e. The van der Waals surface area contributed by atoms with Crippen molar-refractivity contribution in [3.8, 4) is 0 Å². The maximum absolute atomic E-state index is 12.3. The Morgan fingerprint density at radius 1 is 1.27 bits per heavy atom. The number of hydrogen-bond acceptors (Lipinski definition) is 4. The summed E-state index contributed by atoms with van der Waals surface area (Å²) >= 11 is 5.80. The van der Waals surface area contributed by atoms with Gasteiger partial charge in [-0.2, -0.15) is 0 Å². The summed E-state index contributed by atoms with van der Waals surface area (Å²) in [6.07, 6.45) is 1.11. The monoisotopic (exact) mass is 323 g/mol. The Morgan fingerprint density at radius 3 is 2.41 bits per heavy atom. The van der Waals surface area contributed by atoms with Crippen LogP contribution in [0.25, 0.3) is 0 Å². The topological polar surface area (TPSA) is 75.6 Å². The summed E-state index contributed by atoms with van der Waals surface area (Å²) in [5.41, 5.74) is 0.448. The molecule has 0 aliphatic heterocycles. The van der Waals surface area contributed by atoms with Gasteiger partial charge < -0.3 is 15.2 Å². The minimum Gasteiger partial charge on any atom is -0.467 e. The predicted octanol–water partition coefficient (Wildman–Crippen LogP) is 1.63. The van der Waals surface area contributed by atoms with Crippen LogP contribution in [0.15, 0.2) is 24.3 Å². The van der Waals surface area contributed by atoms with Crippen molar-refractivity contribution >= 4 is 23.5 Å². The molecule has 1 aromatic rings. The fourth-order valence-electron chi connectivity index (χ4n) is 3.62. The predicted molar refractivity (Wildman–Crippen MR) is 80.4 cm³/mol. The number of carbonyl (C=O) groups excluding carboxylic acids is 2. The quantitative estimate of drug-likeness (QED) is 0.826. The van der Waals surface area contributed by atoms with E-state index in [0.29, 0.717) is 35.3 Å². The fraction of sp³-hybridized carbons (Fsp3) is 0.500. The maximum atomic E-state index is 12.3. The Labute approximate surface area is 133 Å². The molecule has 5 nitrogen and oxygen atoms in total. The number of benzene rings is 1. The van der Waals surface area contributed by atoms with Crippen LogP contribution in [0, 0.1) is 17.8 Å². The number of ether oxygens (including phenoxy) is 1. The number of nitrogens with one attached hydrogen (secondary N) is 1. The normalized spacial score (nSPS) is 30.3. The lowest BCUT2D eigenvalue weighted by molar-refractivity contribution is -0.143. The van der Waals surface area contributed by atoms with Gasteiger partial charge in [0.25, 0.3) is 5.91 Å². The molecule has 1 amide bonds. The summed E-state index contributed by atoms with van der Waals surface area (Å²) in [5.74, 6) is -0.102. The Hall–Kier alpha value is -1.59. The number of hydrogen-bond donors (Lipinski definition) is 2. The molecule has 2 N–H and O–H groups in total. The minimum atomic E-state index is -0.657. The van der Waals surface area contributed by atoms with Crippen molar-refractivity contribution in [2.24, 2.45) is 17.8 Å². The number of fused-ring (bicyclic) bond motifs is 1. The van der Waals surface area contributed by atoms with Gasteiger partial charge in [-0.25, -0.2) is 4.79 Å². The molecule has 2 fully saturated rings. The van der Waals surface area contributed by atoms with E-state index >= 15 is 0 Å². The standard InChI is InChI=1S/C16H18ClNO4/c1-22-16(21)14(13-11-6-10(19)7-12(11)13)18-15(20)8-2-4-9(17)5-3-8/h2-5,10-14,19H,6-7H2,1H3,(H,18,20)/t10?,11-,12+,13?,14?. The molecular weight excluding hydrogens is 306 g/mol. The van der Waals surface area contributed by atoms with E-state index in [-0.39, 0.29) is 17.9 Å². The van der Waals surface area contributed by atoms with Crippen LogP contribution >= 0.6 is 11.6 Å². The Morgan fingerprint density at radius 2 is 1.86 bits per heavy atom. The molecule has 3 rings (SSSR count). The number of amides is 1. The summed E-state index contributed by atoms with van der Waals surface area (Å²) < 4.78 is 4.82. The molecule has 1 aromatic carbocycles. The van der Waals surface area contributed by atoms with Gasteiger partial charge in [0.05, 0.1) is 13.2 Å². The summed E-state index contributed by atoms with van der Waals surface area (Å²) in [7, 11) is 1.32. The van der Waals surface area contributed by atoms with Gasteiger partial charge in [0, 0.05) is 10.6 Å². The lowest BCUT2D eigenvalue weighted by Crippen LogP contribution is -2.44. The Balaban J connectivity index is 1.70. The molecule has 0 saturated heterocycles. The molecule has 2 aliphatic carbocycles. The number of methoxy groups -OCH3 is 1. The van der Waals surface area contributed by atoms with E-state index in [1.807, 2.05) is 0 Å². The second-order valence-electron chi connectivity index (χ2n) is 6.01. The molecule has 0 aromatic heterocycles. The molecule has 3 unspecified atom stereocenters. The number of halogens is 1. The first-order chi connectivity index (χ1) is 10.5. The molecule has 0 bridgehead atoms. The summed E-state index contributed by atoms with van der Waals surface area (Å²) in [6, 6.07) is 5.83. The number of aliphatic hydroxyl groups is 1. The van der Waals surface area contributed by atoms with Crippen molar-refractivity contribution in [1.82, 2.24) is 5.32 Å². The van der Waals surface area contributed by atoms with Crippen LogP contribution in [0.5, 0.6) is 0 Å². The highest BCUT2D eigenvalue weighted by molar-refractivity contribution is 6.30. The van der Waals surface area contributed by atoms with Crippen LogP contribution in [-0.4, -0.2) is 36.2 Å². The molecule has 22 heavy (non-hydrogen) atoms. The molecule has 5 atom stereocenters. The third kappa shape index (κ3) is 2.83. The van der Waals surface area contributed by atoms with E-state index in [4.69, 9.17) is 16.3 Å². The molecule has 2 saturated carbocycles. The molecule has 0 radical (unpaired) electrons. The average molecular weight is 324 g/mol. The van der Waals surface area contributed by atoms with Gasteiger partial charge in [0.15, 0.2) is 0 Å². The summed E-state index contributed by atoms with van der Waals surface area (Å²) in [4.78, 5) is 24.3. The van der Waals surface area contributed by atoms with Crippen LogP contribution in [0.2, 0.25) is 5.02 Å². The highest BCUT2D eigenvalue weighted by atomic mass is 35.5. The van der Waals surface area contributed by atoms with Gasteiger partial charge in [-0.3, -0.25) is 4.79 Å². The van der Waals surface area contributed by atoms with Crippen molar-refractivity contribution in [2.75, 3.05) is 7.11 Å². The highest BCUT2D eigenvalue weighted by Gasteiger charge is 2.60. The first kappa shape index (κ1) is 15.3. The number of esters is 1. The molecule has 0 heterocycles. The van der Waals surface area contributed by atoms with Gasteiger partial charge >= 0.3 is 5.97 Å². The van der Waals surface area contributed by atoms with E-state index in [1.54, 1.807) is 24.3 Å². The summed E-state index contributed by atoms with van der Waals surface area (Å²) in [6.45, 7) is 0. The average Bonchev–Trinajstić information content (AvgIpc) is 3.00. The van der Waals surface area contributed by atoms with Crippen LogP contribution in [0.1, 0.15) is 23.2 Å². The van der Waals surface area contributed by atoms with Gasteiger partial charge in [-0.1, -0.05) is 11.6 Å². The number of aliphatic hydroxyl groups excluding tert-OH is 1. The van der Waals surface area contributed by atoms with Gasteiger partial charge in [-0.15, -0.1) is 0 Å². The zero-order valence-corrected chi connectivity index (χ0v) is 12.9. The van der Waals surface area contributed by atoms with Crippen LogP contribution in [0.3, 0.4) is 0 Å². The zero-order chi connectivity index (χ0) is 15.9. The van der Waals surface area contributed by atoms with Crippen LogP contribution in [0.4, 0.5) is 0 Å². The van der Waals surface area contributed by atoms with Gasteiger partial charge in [0.1, 0.15) is 6.04 Å². The second-order valence-corrected chi connectivity index (χ2v) is 6.45. The number of rotatable bonds is 4. The second kappa shape index (κ2) is 5.89. The fourth-order valence-corrected chi connectivity index (χ4v) is 3.75. The van der Waals surface area contributed by atoms with Crippen LogP contribution < -0.4 is 5.32 Å². The molecule has 6 heteroatoms. The number of carbonyl (C=O) groups is 2. The lowest BCUT2D eigenvalue weighted by Gasteiger charge is -2.19. The van der Waals surface area contributed by atoms with E-state index in [9.17, 15) is 14.7 Å². The minimum absolute atomic E-state index is 0.0621. The Bertz CT molecular complexity index is 576. The molecular formula is C16H18ClNO4. The lowest BCUT2D eigenvalue weighted by atomic mass is 10.0. The third-order valence-corrected chi connectivity index (χ3v) is 4.97. The maximum Gasteiger partial charge on any atom is 0.328 e. The Kier molecular flexibility index (Phi) is 4.10. The van der Waals surface area contributed by atoms with E-state index < -0.39 is 12.0 Å². The van der Waals surface area contributed by atoms with Crippen molar-refractivity contribution in [3.63, 3.8) is 0 Å². The van der Waals surface area contributed by atoms with Crippen molar-refractivity contribution in [2.45, 2.75) is 25.0 Å². The van der Waals surface area contributed by atoms with E-state index in [1.165, 1.54) is 7.11 Å². The van der Waals surface area contributed by atoms with E-state index in [2.05, 4.69) is 5.32 Å². The molecule has 2 aliphatic rings. The van der Waals surface area contributed by atoms with Crippen LogP contribution in [-0.2, 0) is 9.53 Å². The SMILES string of the molecule is COC(=O)C(NC(=O)c1ccc(Cl)cc1)C1[C@H]2CC(O)C[C@@H]12. The third-order valence-electron chi connectivity index (χ3n) is 4.72. The summed E-state index contributed by atoms with van der Waals surface area (Å²) in [5, 5.41) is 12.9. The smallest absolute Gasteiger partial charge is 0.328 e. The highest BCUT2D eigenvalue weighted by Crippen LogP contribution is 2.59. The van der Waals surface area contributed by atoms with Crippen molar-refractivity contribution in [3.05, 3.63) is 34.9 Å². The van der Waals surface area contributed by atoms with E-state index in [0.717, 1.165) is 0 Å².